The Labute approximate surface area is 121 Å². The van der Waals surface area contributed by atoms with Gasteiger partial charge in [0.1, 0.15) is 0 Å². The van der Waals surface area contributed by atoms with E-state index in [2.05, 4.69) is 22.0 Å². The van der Waals surface area contributed by atoms with Crippen LogP contribution in [0.2, 0.25) is 0 Å². The Morgan fingerprint density at radius 3 is 2.86 bits per heavy atom. The van der Waals surface area contributed by atoms with Gasteiger partial charge in [-0.15, -0.1) is 0 Å². The van der Waals surface area contributed by atoms with E-state index < -0.39 is 0 Å². The van der Waals surface area contributed by atoms with Crippen LogP contribution < -0.4 is 16.1 Å². The zero-order valence-corrected chi connectivity index (χ0v) is 11.7. The first-order chi connectivity index (χ1) is 10.2. The third kappa shape index (κ3) is 2.01. The van der Waals surface area contributed by atoms with E-state index in [0.29, 0.717) is 11.6 Å². The highest BCUT2D eigenvalue weighted by atomic mass is 16.1. The van der Waals surface area contributed by atoms with Crippen molar-refractivity contribution in [1.29, 1.82) is 0 Å². The van der Waals surface area contributed by atoms with Crippen LogP contribution in [0, 0.1) is 0 Å². The first-order valence-electron chi connectivity index (χ1n) is 7.25. The van der Waals surface area contributed by atoms with Crippen molar-refractivity contribution in [2.24, 2.45) is 0 Å². The van der Waals surface area contributed by atoms with Gasteiger partial charge < -0.3 is 5.32 Å². The summed E-state index contributed by atoms with van der Waals surface area (Å²) in [6.07, 6.45) is 2.05. The molecule has 1 saturated heterocycles. The topological polar surface area (TPSA) is 59.3 Å². The normalized spacial score (nSPS) is 16.8. The largest absolute Gasteiger partial charge is 0.317 e. The lowest BCUT2D eigenvalue weighted by atomic mass is 9.94. The van der Waals surface area contributed by atoms with Gasteiger partial charge in [0.2, 0.25) is 0 Å². The molecule has 5 heteroatoms. The molecule has 0 unspecified atom stereocenters. The van der Waals surface area contributed by atoms with Crippen LogP contribution in [0.3, 0.4) is 0 Å². The first kappa shape index (κ1) is 12.5. The minimum atomic E-state index is -0.188. The third-order valence-electron chi connectivity index (χ3n) is 4.20. The Kier molecular flexibility index (Phi) is 2.75. The average Bonchev–Trinajstić information content (AvgIpc) is 2.85. The van der Waals surface area contributed by atoms with Crippen molar-refractivity contribution in [1.82, 2.24) is 19.9 Å². The number of benzene rings is 1. The number of rotatable bonds is 1. The standard InChI is InChI=1S/C16H16N4O/c1-10-2-3-13-12(8-10)16-18-15(21)9-14(20(16)19-13)11-4-6-17-7-5-11/h2-3,8-9,11,17H,1,4-7H2. The highest BCUT2D eigenvalue weighted by molar-refractivity contribution is 5.92. The highest BCUT2D eigenvalue weighted by Gasteiger charge is 2.20. The Morgan fingerprint density at radius 1 is 1.24 bits per heavy atom. The summed E-state index contributed by atoms with van der Waals surface area (Å²) in [7, 11) is 0. The molecule has 0 radical (unpaired) electrons. The molecule has 1 N–H and O–H groups in total. The maximum Gasteiger partial charge on any atom is 0.273 e. The van der Waals surface area contributed by atoms with Crippen LogP contribution in [0.1, 0.15) is 24.5 Å². The minimum absolute atomic E-state index is 0.188. The predicted molar refractivity (Wildman–Crippen MR) is 82.3 cm³/mol. The van der Waals surface area contributed by atoms with Crippen LogP contribution in [0.15, 0.2) is 29.1 Å². The number of hydrogen-bond acceptors (Lipinski definition) is 4. The van der Waals surface area contributed by atoms with E-state index in [1.807, 2.05) is 22.7 Å². The van der Waals surface area contributed by atoms with E-state index in [-0.39, 0.29) is 5.56 Å². The molecule has 4 rings (SSSR count). The van der Waals surface area contributed by atoms with Crippen molar-refractivity contribution < 1.29 is 0 Å². The Morgan fingerprint density at radius 2 is 2.05 bits per heavy atom. The molecule has 2 aromatic heterocycles. The van der Waals surface area contributed by atoms with Gasteiger partial charge in [0, 0.05) is 17.4 Å². The van der Waals surface area contributed by atoms with Crippen LogP contribution in [0.25, 0.3) is 23.1 Å². The van der Waals surface area contributed by atoms with Gasteiger partial charge >= 0.3 is 0 Å². The predicted octanol–water partition coefficient (Wildman–Crippen LogP) is 0.839. The fraction of sp³-hybridized carbons (Fsp3) is 0.312. The first-order valence-corrected chi connectivity index (χ1v) is 7.25. The van der Waals surface area contributed by atoms with Gasteiger partial charge in [0.25, 0.3) is 5.56 Å². The summed E-state index contributed by atoms with van der Waals surface area (Å²) in [5, 5.41) is 9.79. The van der Waals surface area contributed by atoms with Crippen LogP contribution >= 0.6 is 0 Å². The fourth-order valence-electron chi connectivity index (χ4n) is 3.14. The summed E-state index contributed by atoms with van der Waals surface area (Å²) in [4.78, 5) is 16.2. The number of nitrogens with zero attached hydrogens (tertiary/aromatic N) is 3. The molecule has 0 spiro atoms. The van der Waals surface area contributed by atoms with E-state index >= 15 is 0 Å². The second-order valence-electron chi connectivity index (χ2n) is 5.63. The smallest absolute Gasteiger partial charge is 0.273 e. The number of fused-ring (bicyclic) bond motifs is 3. The second-order valence-corrected chi connectivity index (χ2v) is 5.63. The molecule has 1 aliphatic rings. The quantitative estimate of drug-likeness (QED) is 0.717. The van der Waals surface area contributed by atoms with Crippen molar-refractivity contribution in [2.75, 3.05) is 13.1 Å². The molecular formula is C16H16N4O. The van der Waals surface area contributed by atoms with Gasteiger partial charge in [0.05, 0.1) is 11.2 Å². The van der Waals surface area contributed by atoms with Gasteiger partial charge in [-0.3, -0.25) is 4.79 Å². The molecule has 0 aliphatic carbocycles. The van der Waals surface area contributed by atoms with Gasteiger partial charge in [-0.05, 0) is 43.3 Å². The SMILES string of the molecule is C=c1ccc2nn3c(C4CCNCC4)cc(=O)nc3c2c1. The van der Waals surface area contributed by atoms with Crippen molar-refractivity contribution in [2.45, 2.75) is 18.8 Å². The molecule has 0 bridgehead atoms. The molecule has 3 aromatic rings. The van der Waals surface area contributed by atoms with E-state index in [0.717, 1.165) is 47.7 Å². The van der Waals surface area contributed by atoms with Crippen molar-refractivity contribution in [3.8, 4) is 0 Å². The summed E-state index contributed by atoms with van der Waals surface area (Å²) < 4.78 is 1.85. The summed E-state index contributed by atoms with van der Waals surface area (Å²) in [5.41, 5.74) is 2.30. The molecule has 1 fully saturated rings. The Balaban J connectivity index is 2.04. The van der Waals surface area contributed by atoms with Crippen molar-refractivity contribution in [3.63, 3.8) is 0 Å². The van der Waals surface area contributed by atoms with E-state index in [9.17, 15) is 4.79 Å². The molecule has 5 nitrogen and oxygen atoms in total. The van der Waals surface area contributed by atoms with Gasteiger partial charge in [-0.2, -0.15) is 10.1 Å². The molecule has 106 valence electrons. The van der Waals surface area contributed by atoms with E-state index in [4.69, 9.17) is 0 Å². The van der Waals surface area contributed by atoms with E-state index in [1.165, 1.54) is 0 Å². The lowest BCUT2D eigenvalue weighted by molar-refractivity contribution is 0.446. The third-order valence-corrected chi connectivity index (χ3v) is 4.20. The van der Waals surface area contributed by atoms with Crippen molar-refractivity contribution >= 4 is 23.1 Å². The number of aromatic nitrogens is 3. The Bertz CT molecular complexity index is 925. The van der Waals surface area contributed by atoms with Gasteiger partial charge in [0.15, 0.2) is 5.65 Å². The summed E-state index contributed by atoms with van der Waals surface area (Å²) >= 11 is 0. The fourth-order valence-corrected chi connectivity index (χ4v) is 3.14. The maximum absolute atomic E-state index is 12.0. The van der Waals surface area contributed by atoms with Gasteiger partial charge in [-0.25, -0.2) is 4.52 Å². The molecular weight excluding hydrogens is 264 g/mol. The lowest BCUT2D eigenvalue weighted by Gasteiger charge is -2.22. The molecule has 0 saturated carbocycles. The summed E-state index contributed by atoms with van der Waals surface area (Å²) in [5.74, 6) is 0.359. The molecule has 0 atom stereocenters. The molecule has 1 aromatic carbocycles. The monoisotopic (exact) mass is 280 g/mol. The zero-order valence-electron chi connectivity index (χ0n) is 11.7. The van der Waals surface area contributed by atoms with Crippen LogP contribution in [-0.2, 0) is 0 Å². The summed E-state index contributed by atoms with van der Waals surface area (Å²) in [6.45, 7) is 5.90. The molecule has 21 heavy (non-hydrogen) atoms. The molecule has 1 aliphatic heterocycles. The number of piperidine rings is 1. The van der Waals surface area contributed by atoms with Crippen molar-refractivity contribution in [3.05, 3.63) is 45.5 Å². The second kappa shape index (κ2) is 4.63. The minimum Gasteiger partial charge on any atom is -0.317 e. The average molecular weight is 280 g/mol. The number of nitrogens with one attached hydrogen (secondary N) is 1. The maximum atomic E-state index is 12.0. The lowest BCUT2D eigenvalue weighted by Crippen LogP contribution is -2.28. The molecule has 3 heterocycles. The number of hydrogen-bond donors (Lipinski definition) is 1. The van der Waals surface area contributed by atoms with Crippen LogP contribution in [-0.4, -0.2) is 27.7 Å². The molecule has 0 amide bonds. The summed E-state index contributed by atoms with van der Waals surface area (Å²) in [6, 6.07) is 7.44. The zero-order chi connectivity index (χ0) is 14.4. The Hall–Kier alpha value is -2.27. The van der Waals surface area contributed by atoms with E-state index in [1.54, 1.807) is 6.07 Å². The van der Waals surface area contributed by atoms with Crippen LogP contribution in [0.5, 0.6) is 0 Å². The highest BCUT2D eigenvalue weighted by Crippen LogP contribution is 2.26. The van der Waals surface area contributed by atoms with Crippen LogP contribution in [0.4, 0.5) is 0 Å². The van der Waals surface area contributed by atoms with Gasteiger partial charge in [-0.1, -0.05) is 12.6 Å².